The average Bonchev–Trinajstić information content (AvgIpc) is 2.33. The van der Waals surface area contributed by atoms with Gasteiger partial charge in [0, 0.05) is 6.20 Å². The van der Waals surface area contributed by atoms with Crippen molar-refractivity contribution in [2.45, 2.75) is 0 Å². The summed E-state index contributed by atoms with van der Waals surface area (Å²) >= 11 is 1.56. The normalized spacial score (nSPS) is 22.2. The maximum absolute atomic E-state index is 4.19. The zero-order valence-corrected chi connectivity index (χ0v) is 5.51. The molecule has 4 heteroatoms. The van der Waals surface area contributed by atoms with Crippen LogP contribution >= 0.6 is 11.8 Å². The molecule has 0 aromatic carbocycles. The van der Waals surface area contributed by atoms with E-state index in [1.807, 2.05) is 12.3 Å². The first-order chi connectivity index (χ1) is 4.47. The van der Waals surface area contributed by atoms with Gasteiger partial charge in [0.15, 0.2) is 5.17 Å². The molecule has 46 valence electrons. The van der Waals surface area contributed by atoms with Crippen LogP contribution in [0.1, 0.15) is 0 Å². The van der Waals surface area contributed by atoms with Crippen LogP contribution in [0.25, 0.3) is 0 Å². The summed E-state index contributed by atoms with van der Waals surface area (Å²) in [5.41, 5.74) is 1.79. The SMILES string of the molecule is C1=CN2N=CSC2=NC1. The van der Waals surface area contributed by atoms with Crippen LogP contribution in [0.15, 0.2) is 22.4 Å². The van der Waals surface area contributed by atoms with Crippen molar-refractivity contribution >= 4 is 22.5 Å². The molecule has 0 saturated heterocycles. The van der Waals surface area contributed by atoms with Gasteiger partial charge in [0.2, 0.25) is 0 Å². The number of aliphatic imine (C=N–C) groups is 1. The molecule has 0 fully saturated rings. The van der Waals surface area contributed by atoms with Gasteiger partial charge in [-0.3, -0.25) is 4.99 Å². The summed E-state index contributed by atoms with van der Waals surface area (Å²) in [6.07, 6.45) is 3.91. The van der Waals surface area contributed by atoms with Gasteiger partial charge in [-0.25, -0.2) is 5.01 Å². The van der Waals surface area contributed by atoms with Crippen molar-refractivity contribution in [3.8, 4) is 0 Å². The third-order valence-electron chi connectivity index (χ3n) is 1.10. The highest BCUT2D eigenvalue weighted by molar-refractivity contribution is 8.25. The molecule has 3 nitrogen and oxygen atoms in total. The molecule has 0 bridgehead atoms. The van der Waals surface area contributed by atoms with Crippen LogP contribution in [0.2, 0.25) is 0 Å². The van der Waals surface area contributed by atoms with Crippen molar-refractivity contribution in [3.63, 3.8) is 0 Å². The maximum Gasteiger partial charge on any atom is 0.190 e. The zero-order valence-electron chi connectivity index (χ0n) is 4.69. The van der Waals surface area contributed by atoms with Crippen LogP contribution in [0.3, 0.4) is 0 Å². The Bertz CT molecular complexity index is 206. The number of nitrogens with zero attached hydrogens (tertiary/aromatic N) is 3. The molecule has 2 aliphatic heterocycles. The molecule has 0 amide bonds. The number of hydrazone groups is 1. The summed E-state index contributed by atoms with van der Waals surface area (Å²) in [4.78, 5) is 4.19. The smallest absolute Gasteiger partial charge is 0.190 e. The van der Waals surface area contributed by atoms with E-state index in [0.29, 0.717) is 0 Å². The molecule has 0 N–H and O–H groups in total. The van der Waals surface area contributed by atoms with Gasteiger partial charge in [-0.15, -0.1) is 0 Å². The summed E-state index contributed by atoms with van der Waals surface area (Å²) in [7, 11) is 0. The largest absolute Gasteiger partial charge is 0.256 e. The van der Waals surface area contributed by atoms with E-state index in [4.69, 9.17) is 0 Å². The summed E-state index contributed by atoms with van der Waals surface area (Å²) in [6.45, 7) is 0.794. The van der Waals surface area contributed by atoms with Crippen molar-refractivity contribution in [2.24, 2.45) is 10.1 Å². The Kier molecular flexibility index (Phi) is 1.05. The lowest BCUT2D eigenvalue weighted by molar-refractivity contribution is 0.611. The van der Waals surface area contributed by atoms with E-state index in [-0.39, 0.29) is 0 Å². The van der Waals surface area contributed by atoms with Gasteiger partial charge in [-0.1, -0.05) is 0 Å². The molecule has 2 aliphatic rings. The van der Waals surface area contributed by atoms with E-state index < -0.39 is 0 Å². The first-order valence-corrected chi connectivity index (χ1v) is 3.54. The quantitative estimate of drug-likeness (QED) is 0.498. The molecular weight excluding hydrogens is 134 g/mol. The Morgan fingerprint density at radius 3 is 3.56 bits per heavy atom. The summed E-state index contributed by atoms with van der Waals surface area (Å²) < 4.78 is 0. The minimum absolute atomic E-state index is 0.794. The van der Waals surface area contributed by atoms with E-state index in [1.54, 1.807) is 22.3 Å². The Hall–Kier alpha value is -0.770. The van der Waals surface area contributed by atoms with Gasteiger partial charge in [0.1, 0.15) is 0 Å². The van der Waals surface area contributed by atoms with Gasteiger partial charge < -0.3 is 0 Å². The number of rotatable bonds is 0. The molecule has 0 atom stereocenters. The van der Waals surface area contributed by atoms with Crippen molar-refractivity contribution in [1.82, 2.24) is 5.01 Å². The van der Waals surface area contributed by atoms with Gasteiger partial charge >= 0.3 is 0 Å². The molecule has 0 spiro atoms. The number of thioether (sulfide) groups is 1. The highest BCUT2D eigenvalue weighted by Gasteiger charge is 2.13. The average molecular weight is 139 g/mol. The zero-order chi connectivity index (χ0) is 6.10. The fourth-order valence-electron chi connectivity index (χ4n) is 0.715. The monoisotopic (exact) mass is 139 g/mol. The molecule has 2 heterocycles. The second-order valence-electron chi connectivity index (χ2n) is 1.69. The molecule has 0 unspecified atom stereocenters. The van der Waals surface area contributed by atoms with Crippen molar-refractivity contribution in [3.05, 3.63) is 12.3 Å². The van der Waals surface area contributed by atoms with Gasteiger partial charge in [-0.05, 0) is 17.8 Å². The van der Waals surface area contributed by atoms with Crippen LogP contribution in [0.4, 0.5) is 0 Å². The Balaban J connectivity index is 2.29. The fourth-order valence-corrected chi connectivity index (χ4v) is 1.32. The molecule has 9 heavy (non-hydrogen) atoms. The third kappa shape index (κ3) is 0.751. The molecule has 0 saturated carbocycles. The topological polar surface area (TPSA) is 28.0 Å². The standard InChI is InChI=1S/C5H5N3S/c1-2-6-5-8(3-1)7-4-9-5/h1,3-4H,2H2. The number of amidine groups is 1. The van der Waals surface area contributed by atoms with Crippen LogP contribution in [0.5, 0.6) is 0 Å². The third-order valence-corrected chi connectivity index (χ3v) is 1.83. The minimum atomic E-state index is 0.794. The molecule has 2 rings (SSSR count). The van der Waals surface area contributed by atoms with E-state index >= 15 is 0 Å². The van der Waals surface area contributed by atoms with Crippen LogP contribution < -0.4 is 0 Å². The lowest BCUT2D eigenvalue weighted by Gasteiger charge is -2.10. The summed E-state index contributed by atoms with van der Waals surface area (Å²) in [5.74, 6) is 0. The van der Waals surface area contributed by atoms with E-state index in [9.17, 15) is 0 Å². The highest BCUT2D eigenvalue weighted by atomic mass is 32.2. The first kappa shape index (κ1) is 5.05. The predicted molar refractivity (Wildman–Crippen MR) is 39.4 cm³/mol. The second kappa shape index (κ2) is 1.88. The van der Waals surface area contributed by atoms with Crippen LogP contribution in [0, 0.1) is 0 Å². The van der Waals surface area contributed by atoms with Crippen LogP contribution in [-0.4, -0.2) is 22.3 Å². The molecular formula is C5H5N3S. The van der Waals surface area contributed by atoms with Crippen molar-refractivity contribution < 1.29 is 0 Å². The Labute approximate surface area is 57.1 Å². The van der Waals surface area contributed by atoms with Gasteiger partial charge in [0.25, 0.3) is 0 Å². The number of hydrogen-bond donors (Lipinski definition) is 0. The van der Waals surface area contributed by atoms with E-state index in [2.05, 4.69) is 10.1 Å². The van der Waals surface area contributed by atoms with Gasteiger partial charge in [0.05, 0.1) is 12.1 Å². The van der Waals surface area contributed by atoms with E-state index in [0.717, 1.165) is 11.7 Å². The molecule has 0 aromatic rings. The number of hydrogen-bond acceptors (Lipinski definition) is 4. The van der Waals surface area contributed by atoms with Crippen LogP contribution in [-0.2, 0) is 0 Å². The lowest BCUT2D eigenvalue weighted by atomic mass is 10.6. The minimum Gasteiger partial charge on any atom is -0.256 e. The maximum atomic E-state index is 4.19. The Morgan fingerprint density at radius 2 is 2.67 bits per heavy atom. The molecule has 0 radical (unpaired) electrons. The van der Waals surface area contributed by atoms with Crippen molar-refractivity contribution in [1.29, 1.82) is 0 Å². The second-order valence-corrected chi connectivity index (χ2v) is 2.50. The lowest BCUT2D eigenvalue weighted by Crippen LogP contribution is -2.15. The van der Waals surface area contributed by atoms with Gasteiger partial charge in [-0.2, -0.15) is 5.10 Å². The van der Waals surface area contributed by atoms with Crippen molar-refractivity contribution in [2.75, 3.05) is 6.54 Å². The Morgan fingerprint density at radius 1 is 1.67 bits per heavy atom. The predicted octanol–water partition coefficient (Wildman–Crippen LogP) is 0.862. The van der Waals surface area contributed by atoms with E-state index in [1.165, 1.54) is 0 Å². The molecule has 0 aromatic heterocycles. The highest BCUT2D eigenvalue weighted by Crippen LogP contribution is 2.17. The molecule has 0 aliphatic carbocycles. The summed E-state index contributed by atoms with van der Waals surface area (Å²) in [6, 6.07) is 0. The number of fused-ring (bicyclic) bond motifs is 1. The first-order valence-electron chi connectivity index (χ1n) is 2.66. The fraction of sp³-hybridized carbons (Fsp3) is 0.200. The summed E-state index contributed by atoms with van der Waals surface area (Å²) in [5, 5.41) is 6.77.